The number of carbonyl (C=O) groups excluding carboxylic acids is 1. The Balaban J connectivity index is 1.55. The van der Waals surface area contributed by atoms with E-state index in [1.807, 2.05) is 26.0 Å². The number of carbonyl (C=O) groups is 1. The normalized spacial score (nSPS) is 25.7. The molecule has 2 aliphatic heterocycles. The van der Waals surface area contributed by atoms with E-state index in [9.17, 15) is 4.79 Å². The fourth-order valence-electron chi connectivity index (χ4n) is 4.29. The van der Waals surface area contributed by atoms with Crippen LogP contribution in [0.15, 0.2) is 73.3 Å². The summed E-state index contributed by atoms with van der Waals surface area (Å²) in [5.41, 5.74) is 0.796. The van der Waals surface area contributed by atoms with Crippen molar-refractivity contribution in [3.8, 4) is 11.5 Å². The van der Waals surface area contributed by atoms with E-state index in [-0.39, 0.29) is 12.7 Å². The molecule has 2 saturated heterocycles. The maximum Gasteiger partial charge on any atom is 0.339 e. The molecule has 2 aromatic carbocycles. The van der Waals surface area contributed by atoms with Crippen LogP contribution in [-0.2, 0) is 33.2 Å². The number of ether oxygens (including phenoxy) is 8. The number of halogens is 1. The van der Waals surface area contributed by atoms with Gasteiger partial charge in [-0.25, -0.2) is 4.79 Å². The summed E-state index contributed by atoms with van der Waals surface area (Å²) in [6.07, 6.45) is 0.806. The van der Waals surface area contributed by atoms with Crippen molar-refractivity contribution in [2.24, 2.45) is 0 Å². The molecule has 2 aromatic rings. The summed E-state index contributed by atoms with van der Waals surface area (Å²) in [5, 5.41) is 0.607. The van der Waals surface area contributed by atoms with Crippen molar-refractivity contribution in [1.29, 1.82) is 0 Å². The van der Waals surface area contributed by atoms with E-state index in [2.05, 4.69) is 6.58 Å². The molecule has 0 aromatic heterocycles. The fraction of sp³-hybridized carbons (Fsp3) is 0.433. The highest BCUT2D eigenvalue weighted by atomic mass is 35.5. The van der Waals surface area contributed by atoms with Gasteiger partial charge in [-0.2, -0.15) is 0 Å². The van der Waals surface area contributed by atoms with Gasteiger partial charge in [0.1, 0.15) is 29.8 Å². The van der Waals surface area contributed by atoms with Gasteiger partial charge in [0.15, 0.2) is 24.3 Å². The van der Waals surface area contributed by atoms with Crippen LogP contribution in [0.2, 0.25) is 5.02 Å². The lowest BCUT2D eigenvalue weighted by molar-refractivity contribution is -0.263. The van der Waals surface area contributed by atoms with Crippen LogP contribution in [0.25, 0.3) is 0 Å². The van der Waals surface area contributed by atoms with Gasteiger partial charge in [-0.3, -0.25) is 0 Å². The summed E-state index contributed by atoms with van der Waals surface area (Å²) in [7, 11) is 2.87. The van der Waals surface area contributed by atoms with Crippen LogP contribution in [0.4, 0.5) is 0 Å². The topological polar surface area (TPSA) is 90.9 Å². The predicted molar refractivity (Wildman–Crippen MR) is 147 cm³/mol. The Morgan fingerprint density at radius 2 is 1.77 bits per heavy atom. The van der Waals surface area contributed by atoms with E-state index < -0.39 is 42.5 Å². The Labute approximate surface area is 239 Å². The summed E-state index contributed by atoms with van der Waals surface area (Å²) in [6, 6.07) is 14.2. The monoisotopic (exact) mass is 574 g/mol. The Bertz CT molecular complexity index is 1150. The summed E-state index contributed by atoms with van der Waals surface area (Å²) >= 11 is 6.01. The van der Waals surface area contributed by atoms with Crippen LogP contribution in [0.3, 0.4) is 0 Å². The Morgan fingerprint density at radius 1 is 1.07 bits per heavy atom. The molecule has 0 aliphatic carbocycles. The molecule has 216 valence electrons. The van der Waals surface area contributed by atoms with Crippen LogP contribution in [0.1, 0.15) is 25.7 Å². The van der Waals surface area contributed by atoms with Gasteiger partial charge >= 0.3 is 5.97 Å². The van der Waals surface area contributed by atoms with Crippen LogP contribution >= 0.6 is 11.6 Å². The zero-order valence-electron chi connectivity index (χ0n) is 23.0. The number of hydrogen-bond acceptors (Lipinski definition) is 9. The van der Waals surface area contributed by atoms with Crippen molar-refractivity contribution in [3.05, 3.63) is 83.9 Å². The number of hydrogen-bond donors (Lipinski definition) is 0. The average molecular weight is 575 g/mol. The molecular weight excluding hydrogens is 540 g/mol. The third-order valence-corrected chi connectivity index (χ3v) is 6.62. The molecule has 0 spiro atoms. The van der Waals surface area contributed by atoms with E-state index >= 15 is 0 Å². The molecule has 0 bridgehead atoms. The Morgan fingerprint density at radius 3 is 2.38 bits per heavy atom. The molecular formula is C30H35ClO9. The highest BCUT2D eigenvalue weighted by Crippen LogP contribution is 2.31. The van der Waals surface area contributed by atoms with Crippen LogP contribution in [0.5, 0.6) is 11.5 Å². The predicted octanol–water partition coefficient (Wildman–Crippen LogP) is 5.03. The molecule has 0 amide bonds. The molecule has 10 heteroatoms. The van der Waals surface area contributed by atoms with E-state index in [1.165, 1.54) is 7.11 Å². The molecule has 2 heterocycles. The van der Waals surface area contributed by atoms with E-state index in [4.69, 9.17) is 49.5 Å². The minimum atomic E-state index is -1.18. The van der Waals surface area contributed by atoms with Crippen LogP contribution < -0.4 is 9.47 Å². The minimum Gasteiger partial charge on any atom is -0.497 e. The zero-order valence-corrected chi connectivity index (χ0v) is 23.7. The maximum atomic E-state index is 13.1. The SMILES string of the molecule is C=C[C@@H]1O[C@H](c2ccc(Cl)cc2)OC[C@H]1O[C@@H](C(=O)OC)[C@@H](/C=C/[C@H]1COC(C)(C)O1)Oc1ccc(OC)cc1. The third-order valence-electron chi connectivity index (χ3n) is 6.36. The molecule has 4 rings (SSSR count). The van der Waals surface area contributed by atoms with Crippen molar-refractivity contribution in [2.75, 3.05) is 27.4 Å². The third kappa shape index (κ3) is 7.84. The molecule has 0 saturated carbocycles. The van der Waals surface area contributed by atoms with Crippen molar-refractivity contribution in [1.82, 2.24) is 0 Å². The number of esters is 1. The molecule has 6 atom stereocenters. The lowest BCUT2D eigenvalue weighted by atomic mass is 10.1. The first-order valence-electron chi connectivity index (χ1n) is 12.9. The van der Waals surface area contributed by atoms with Crippen molar-refractivity contribution < 1.29 is 42.7 Å². The van der Waals surface area contributed by atoms with Crippen LogP contribution in [0, 0.1) is 0 Å². The van der Waals surface area contributed by atoms with Gasteiger partial charge in [0.2, 0.25) is 0 Å². The van der Waals surface area contributed by atoms with E-state index in [0.717, 1.165) is 5.56 Å². The first-order valence-corrected chi connectivity index (χ1v) is 13.3. The standard InChI is InChI=1S/C30H35ClO9/c1-6-24-26(18-35-29(39-24)19-7-9-20(31)10-8-19)38-27(28(32)34-5)25(16-15-23-17-36-30(2,3)40-23)37-22-13-11-21(33-4)12-14-22/h6-16,23-27,29H,1,17-18H2,2-5H3/b16-15+/t23-,24-,25+,26+,27+,29+/m0/s1. The van der Waals surface area contributed by atoms with Gasteiger partial charge in [0.05, 0.1) is 27.4 Å². The summed E-state index contributed by atoms with van der Waals surface area (Å²) in [4.78, 5) is 13.1. The molecule has 2 fully saturated rings. The Hall–Kier alpha value is -2.92. The molecule has 40 heavy (non-hydrogen) atoms. The number of rotatable bonds is 11. The quantitative estimate of drug-likeness (QED) is 0.271. The lowest BCUT2D eigenvalue weighted by Gasteiger charge is -2.37. The maximum absolute atomic E-state index is 13.1. The summed E-state index contributed by atoms with van der Waals surface area (Å²) in [6.45, 7) is 8.05. The second kappa shape index (κ2) is 13.6. The van der Waals surface area contributed by atoms with Crippen LogP contribution in [-0.4, -0.2) is 69.7 Å². The van der Waals surface area contributed by atoms with Gasteiger partial charge in [-0.05, 0) is 56.3 Å². The second-order valence-corrected chi connectivity index (χ2v) is 10.1. The first kappa shape index (κ1) is 30.0. The highest BCUT2D eigenvalue weighted by Gasteiger charge is 2.39. The van der Waals surface area contributed by atoms with Crippen molar-refractivity contribution in [2.45, 2.75) is 56.4 Å². The van der Waals surface area contributed by atoms with E-state index in [1.54, 1.807) is 61.7 Å². The Kier molecular flexibility index (Phi) is 10.2. The van der Waals surface area contributed by atoms with Crippen molar-refractivity contribution in [3.63, 3.8) is 0 Å². The minimum absolute atomic E-state index is 0.129. The number of benzene rings is 2. The molecule has 9 nitrogen and oxygen atoms in total. The van der Waals surface area contributed by atoms with Gasteiger partial charge in [0.25, 0.3) is 0 Å². The van der Waals surface area contributed by atoms with Crippen molar-refractivity contribution >= 4 is 17.6 Å². The van der Waals surface area contributed by atoms with Gasteiger partial charge in [-0.15, -0.1) is 6.58 Å². The smallest absolute Gasteiger partial charge is 0.339 e. The lowest BCUT2D eigenvalue weighted by Crippen LogP contribution is -2.49. The zero-order chi connectivity index (χ0) is 28.7. The highest BCUT2D eigenvalue weighted by molar-refractivity contribution is 6.30. The number of methoxy groups -OCH3 is 2. The summed E-state index contributed by atoms with van der Waals surface area (Å²) in [5.74, 6) is -0.181. The second-order valence-electron chi connectivity index (χ2n) is 9.68. The van der Waals surface area contributed by atoms with Gasteiger partial charge < -0.3 is 37.9 Å². The first-order chi connectivity index (χ1) is 19.2. The fourth-order valence-corrected chi connectivity index (χ4v) is 4.42. The van der Waals surface area contributed by atoms with E-state index in [0.29, 0.717) is 23.1 Å². The molecule has 0 N–H and O–H groups in total. The molecule has 0 unspecified atom stereocenters. The molecule has 2 aliphatic rings. The van der Waals surface area contributed by atoms with Gasteiger partial charge in [0, 0.05) is 10.6 Å². The molecule has 0 radical (unpaired) electrons. The van der Waals surface area contributed by atoms with Gasteiger partial charge in [-0.1, -0.05) is 35.9 Å². The largest absolute Gasteiger partial charge is 0.497 e. The summed E-state index contributed by atoms with van der Waals surface area (Å²) < 4.78 is 46.5. The average Bonchev–Trinajstić information content (AvgIpc) is 3.32.